The molecule has 0 aliphatic heterocycles. The van der Waals surface area contributed by atoms with Crippen molar-refractivity contribution in [3.63, 3.8) is 0 Å². The summed E-state index contributed by atoms with van der Waals surface area (Å²) < 4.78 is 26.1. The van der Waals surface area contributed by atoms with Crippen molar-refractivity contribution in [2.45, 2.75) is 45.6 Å². The number of nitrogens with two attached hydrogens (primary N) is 1. The zero-order valence-corrected chi connectivity index (χ0v) is 7.90. The van der Waals surface area contributed by atoms with Crippen molar-refractivity contribution in [1.29, 1.82) is 0 Å². The average molecular weight is 177 g/mol. The maximum atomic E-state index is 13.1. The lowest BCUT2D eigenvalue weighted by molar-refractivity contribution is -0.0284. The van der Waals surface area contributed by atoms with E-state index >= 15 is 0 Å². The smallest absolute Gasteiger partial charge is 0.263 e. The second kappa shape index (κ2) is 2.66. The number of rotatable bonds is 1. The molecule has 0 amide bonds. The molecule has 2 N–H and O–H groups in total. The molecule has 0 radical (unpaired) electrons. The molecule has 1 saturated carbocycles. The summed E-state index contributed by atoms with van der Waals surface area (Å²) in [6.07, 6.45) is 0.488. The molecule has 12 heavy (non-hydrogen) atoms. The molecule has 0 aromatic rings. The maximum Gasteiger partial charge on any atom is 0.263 e. The molecule has 1 fully saturated rings. The van der Waals surface area contributed by atoms with Crippen LogP contribution in [0.4, 0.5) is 8.78 Å². The van der Waals surface area contributed by atoms with Gasteiger partial charge in [-0.05, 0) is 17.8 Å². The first-order valence-electron chi connectivity index (χ1n) is 4.44. The van der Waals surface area contributed by atoms with Gasteiger partial charge in [0.2, 0.25) is 0 Å². The van der Waals surface area contributed by atoms with Gasteiger partial charge >= 0.3 is 0 Å². The molecule has 0 saturated heterocycles. The minimum Gasteiger partial charge on any atom is -0.322 e. The van der Waals surface area contributed by atoms with Crippen LogP contribution in [-0.4, -0.2) is 12.0 Å². The van der Waals surface area contributed by atoms with E-state index in [4.69, 9.17) is 5.73 Å². The topological polar surface area (TPSA) is 26.0 Å². The van der Waals surface area contributed by atoms with Gasteiger partial charge in [0.05, 0.1) is 6.04 Å². The summed E-state index contributed by atoms with van der Waals surface area (Å²) >= 11 is 0. The fraction of sp³-hybridized carbons (Fsp3) is 1.00. The molecular formula is C9H17F2N. The average Bonchev–Trinajstić information content (AvgIpc) is 2.15. The van der Waals surface area contributed by atoms with Gasteiger partial charge in [-0.25, -0.2) is 8.78 Å². The van der Waals surface area contributed by atoms with Crippen molar-refractivity contribution in [3.05, 3.63) is 0 Å². The Balaban J connectivity index is 2.85. The number of hydrogen-bond acceptors (Lipinski definition) is 1. The van der Waals surface area contributed by atoms with Crippen molar-refractivity contribution in [2.75, 3.05) is 0 Å². The van der Waals surface area contributed by atoms with Crippen molar-refractivity contribution in [3.8, 4) is 0 Å². The molecule has 0 aromatic heterocycles. The van der Waals surface area contributed by atoms with Crippen LogP contribution in [0.5, 0.6) is 0 Å². The third-order valence-corrected chi connectivity index (χ3v) is 3.48. The predicted octanol–water partition coefficient (Wildman–Crippen LogP) is 2.41. The van der Waals surface area contributed by atoms with Gasteiger partial charge in [-0.15, -0.1) is 0 Å². The second-order valence-corrected chi connectivity index (χ2v) is 4.40. The molecule has 1 nitrogen and oxygen atoms in total. The lowest BCUT2D eigenvalue weighted by Gasteiger charge is -2.34. The van der Waals surface area contributed by atoms with Crippen LogP contribution in [0, 0.1) is 11.3 Å². The Kier molecular flexibility index (Phi) is 2.19. The van der Waals surface area contributed by atoms with Gasteiger partial charge in [-0.2, -0.15) is 0 Å². The van der Waals surface area contributed by atoms with E-state index in [9.17, 15) is 8.78 Å². The van der Waals surface area contributed by atoms with Gasteiger partial charge in [0, 0.05) is 6.42 Å². The van der Waals surface area contributed by atoms with Gasteiger partial charge < -0.3 is 5.73 Å². The van der Waals surface area contributed by atoms with Gasteiger partial charge in [0.25, 0.3) is 5.92 Å². The van der Waals surface area contributed by atoms with E-state index in [-0.39, 0.29) is 17.8 Å². The standard InChI is InChI=1S/C9H17F2N/c1-6(2)8(3)4-5-9(10,11)7(8)12/h6-7H,4-5,12H2,1-3H3. The largest absolute Gasteiger partial charge is 0.322 e. The summed E-state index contributed by atoms with van der Waals surface area (Å²) in [6, 6.07) is -0.968. The van der Waals surface area contributed by atoms with Crippen molar-refractivity contribution < 1.29 is 8.78 Å². The van der Waals surface area contributed by atoms with Crippen LogP contribution in [-0.2, 0) is 0 Å². The minimum atomic E-state index is -2.65. The fourth-order valence-electron chi connectivity index (χ4n) is 1.88. The second-order valence-electron chi connectivity index (χ2n) is 4.40. The fourth-order valence-corrected chi connectivity index (χ4v) is 1.88. The van der Waals surface area contributed by atoms with E-state index in [2.05, 4.69) is 0 Å². The Labute approximate surface area is 72.3 Å². The highest BCUT2D eigenvalue weighted by Crippen LogP contribution is 2.50. The molecule has 3 heteroatoms. The van der Waals surface area contributed by atoms with Crippen LogP contribution >= 0.6 is 0 Å². The normalized spacial score (nSPS) is 40.8. The van der Waals surface area contributed by atoms with Gasteiger partial charge in [0.1, 0.15) is 0 Å². The van der Waals surface area contributed by atoms with E-state index in [1.807, 2.05) is 20.8 Å². The van der Waals surface area contributed by atoms with E-state index in [1.165, 1.54) is 0 Å². The third-order valence-electron chi connectivity index (χ3n) is 3.48. The van der Waals surface area contributed by atoms with Gasteiger partial charge in [-0.1, -0.05) is 20.8 Å². The highest BCUT2D eigenvalue weighted by Gasteiger charge is 2.55. The van der Waals surface area contributed by atoms with E-state index in [0.29, 0.717) is 6.42 Å². The Morgan fingerprint density at radius 2 is 1.83 bits per heavy atom. The first-order valence-corrected chi connectivity index (χ1v) is 4.44. The SMILES string of the molecule is CC(C)C1(C)CCC(F)(F)C1N. The molecule has 72 valence electrons. The van der Waals surface area contributed by atoms with E-state index in [1.54, 1.807) is 0 Å². The zero-order valence-electron chi connectivity index (χ0n) is 7.90. The van der Waals surface area contributed by atoms with E-state index < -0.39 is 12.0 Å². The molecule has 1 rings (SSSR count). The molecule has 0 bridgehead atoms. The summed E-state index contributed by atoms with van der Waals surface area (Å²) in [5, 5.41) is 0. The molecule has 0 spiro atoms. The molecule has 2 atom stereocenters. The molecule has 1 aliphatic rings. The lowest BCUT2D eigenvalue weighted by atomic mass is 9.75. The Morgan fingerprint density at radius 1 is 1.33 bits per heavy atom. The quantitative estimate of drug-likeness (QED) is 0.654. The summed E-state index contributed by atoms with van der Waals surface area (Å²) in [7, 11) is 0. The Hall–Kier alpha value is -0.180. The monoisotopic (exact) mass is 177 g/mol. The third kappa shape index (κ3) is 1.24. The Morgan fingerprint density at radius 3 is 2.00 bits per heavy atom. The van der Waals surface area contributed by atoms with Crippen LogP contribution in [0.3, 0.4) is 0 Å². The summed E-state index contributed by atoms with van der Waals surface area (Å²) in [5.41, 5.74) is 5.16. The minimum absolute atomic E-state index is 0.0527. The highest BCUT2D eigenvalue weighted by molar-refractivity contribution is 5.02. The first kappa shape index (κ1) is 9.90. The lowest BCUT2D eigenvalue weighted by Crippen LogP contribution is -2.47. The Bertz CT molecular complexity index is 179. The number of alkyl halides is 2. The summed E-state index contributed by atoms with van der Waals surface area (Å²) in [5.74, 6) is -2.43. The van der Waals surface area contributed by atoms with Crippen LogP contribution in [0.15, 0.2) is 0 Å². The van der Waals surface area contributed by atoms with Crippen LogP contribution in [0.1, 0.15) is 33.6 Å². The van der Waals surface area contributed by atoms with Crippen molar-refractivity contribution in [1.82, 2.24) is 0 Å². The molecule has 0 heterocycles. The summed E-state index contributed by atoms with van der Waals surface area (Å²) in [6.45, 7) is 5.78. The molecular weight excluding hydrogens is 160 g/mol. The van der Waals surface area contributed by atoms with Gasteiger partial charge in [-0.3, -0.25) is 0 Å². The number of hydrogen-bond donors (Lipinski definition) is 1. The number of halogens is 2. The summed E-state index contributed by atoms with van der Waals surface area (Å²) in [4.78, 5) is 0. The van der Waals surface area contributed by atoms with Crippen molar-refractivity contribution >= 4 is 0 Å². The van der Waals surface area contributed by atoms with Crippen molar-refractivity contribution in [2.24, 2.45) is 17.1 Å². The predicted molar refractivity (Wildman–Crippen MR) is 45.1 cm³/mol. The van der Waals surface area contributed by atoms with Crippen LogP contribution < -0.4 is 5.73 Å². The molecule has 0 aromatic carbocycles. The maximum absolute atomic E-state index is 13.1. The highest BCUT2D eigenvalue weighted by atomic mass is 19.3. The van der Waals surface area contributed by atoms with Crippen LogP contribution in [0.25, 0.3) is 0 Å². The van der Waals surface area contributed by atoms with Gasteiger partial charge in [0.15, 0.2) is 0 Å². The zero-order chi connectivity index (χ0) is 9.57. The molecule has 1 aliphatic carbocycles. The van der Waals surface area contributed by atoms with Crippen LogP contribution in [0.2, 0.25) is 0 Å². The molecule has 2 unspecified atom stereocenters. The first-order chi connectivity index (χ1) is 5.31. The van der Waals surface area contributed by atoms with E-state index in [0.717, 1.165) is 0 Å².